The van der Waals surface area contributed by atoms with Crippen LogP contribution >= 0.6 is 0 Å². The summed E-state index contributed by atoms with van der Waals surface area (Å²) in [6.45, 7) is 5.04. The van der Waals surface area contributed by atoms with Crippen LogP contribution < -0.4 is 5.73 Å². The Morgan fingerprint density at radius 3 is 2.31 bits per heavy atom. The molecule has 6 heteroatoms. The van der Waals surface area contributed by atoms with Gasteiger partial charge in [-0.2, -0.15) is 4.31 Å². The van der Waals surface area contributed by atoms with Gasteiger partial charge in [-0.25, -0.2) is 8.42 Å². The van der Waals surface area contributed by atoms with Crippen molar-refractivity contribution in [2.45, 2.75) is 37.5 Å². The van der Waals surface area contributed by atoms with Crippen LogP contribution in [0.3, 0.4) is 0 Å². The van der Waals surface area contributed by atoms with Crippen LogP contribution in [-0.2, 0) is 14.8 Å². The minimum Gasteiger partial charge on any atom is -0.381 e. The van der Waals surface area contributed by atoms with Gasteiger partial charge in [0.05, 0.1) is 5.25 Å². The van der Waals surface area contributed by atoms with Crippen molar-refractivity contribution in [3.63, 3.8) is 0 Å². The molecule has 0 spiro atoms. The van der Waals surface area contributed by atoms with E-state index in [-0.39, 0.29) is 5.25 Å². The van der Waals surface area contributed by atoms with Gasteiger partial charge in [0.25, 0.3) is 0 Å². The number of hydrogen-bond donors (Lipinski definition) is 1. The van der Waals surface area contributed by atoms with E-state index in [0.717, 1.165) is 0 Å². The third-order valence-electron chi connectivity index (χ3n) is 3.32. The lowest BCUT2D eigenvalue weighted by atomic mass is 10.1. The SMILES string of the molecule is CN(C(C)(C)CN)S(=O)(=O)C1CCOCC1. The van der Waals surface area contributed by atoms with Crippen molar-refractivity contribution in [3.05, 3.63) is 0 Å². The predicted molar refractivity (Wildman–Crippen MR) is 63.7 cm³/mol. The van der Waals surface area contributed by atoms with Gasteiger partial charge < -0.3 is 10.5 Å². The van der Waals surface area contributed by atoms with Gasteiger partial charge in [-0.1, -0.05) is 0 Å². The van der Waals surface area contributed by atoms with Crippen LogP contribution in [-0.4, -0.2) is 50.3 Å². The highest BCUT2D eigenvalue weighted by molar-refractivity contribution is 7.89. The molecule has 0 aromatic heterocycles. The molecule has 0 aliphatic carbocycles. The van der Waals surface area contributed by atoms with E-state index in [2.05, 4.69) is 0 Å². The predicted octanol–water partition coefficient (Wildman–Crippen LogP) is 0.164. The normalized spacial score (nSPS) is 20.3. The van der Waals surface area contributed by atoms with Gasteiger partial charge in [-0.3, -0.25) is 0 Å². The largest absolute Gasteiger partial charge is 0.381 e. The summed E-state index contributed by atoms with van der Waals surface area (Å²) in [4.78, 5) is 0. The monoisotopic (exact) mass is 250 g/mol. The summed E-state index contributed by atoms with van der Waals surface area (Å²) < 4.78 is 31.2. The summed E-state index contributed by atoms with van der Waals surface area (Å²) in [6, 6.07) is 0. The molecule has 96 valence electrons. The Labute approximate surface area is 98.0 Å². The number of sulfonamides is 1. The van der Waals surface area contributed by atoms with E-state index in [0.29, 0.717) is 32.6 Å². The van der Waals surface area contributed by atoms with E-state index in [1.165, 1.54) is 4.31 Å². The lowest BCUT2D eigenvalue weighted by Crippen LogP contribution is -2.53. The van der Waals surface area contributed by atoms with Gasteiger partial charge >= 0.3 is 0 Å². The van der Waals surface area contributed by atoms with E-state index < -0.39 is 15.6 Å². The fourth-order valence-corrected chi connectivity index (χ4v) is 3.67. The molecule has 1 aliphatic rings. The summed E-state index contributed by atoms with van der Waals surface area (Å²) in [7, 11) is -1.65. The van der Waals surface area contributed by atoms with Gasteiger partial charge in [0.15, 0.2) is 0 Å². The first kappa shape index (κ1) is 13.9. The Hall–Kier alpha value is -0.170. The molecular formula is C10H22N2O3S. The van der Waals surface area contributed by atoms with E-state index in [1.807, 2.05) is 13.8 Å². The number of hydrogen-bond acceptors (Lipinski definition) is 4. The fraction of sp³-hybridized carbons (Fsp3) is 1.00. The molecule has 16 heavy (non-hydrogen) atoms. The third-order valence-corrected chi connectivity index (χ3v) is 5.89. The highest BCUT2D eigenvalue weighted by atomic mass is 32.2. The summed E-state index contributed by atoms with van der Waals surface area (Å²) in [5.41, 5.74) is 5.07. The highest BCUT2D eigenvalue weighted by Crippen LogP contribution is 2.24. The second-order valence-corrected chi connectivity index (χ2v) is 7.09. The van der Waals surface area contributed by atoms with Crippen molar-refractivity contribution in [2.75, 3.05) is 26.8 Å². The molecule has 0 amide bonds. The second-order valence-electron chi connectivity index (χ2n) is 4.84. The maximum absolute atomic E-state index is 12.3. The summed E-state index contributed by atoms with van der Waals surface area (Å²) in [5, 5.41) is -0.322. The van der Waals surface area contributed by atoms with Gasteiger partial charge in [0.2, 0.25) is 10.0 Å². The fourth-order valence-electron chi connectivity index (χ4n) is 1.67. The van der Waals surface area contributed by atoms with Gasteiger partial charge in [-0.15, -0.1) is 0 Å². The smallest absolute Gasteiger partial charge is 0.217 e. The standard InChI is InChI=1S/C10H22N2O3S/c1-10(2,8-11)12(3)16(13,14)9-4-6-15-7-5-9/h9H,4-8,11H2,1-3H3. The van der Waals surface area contributed by atoms with Crippen LogP contribution in [0.1, 0.15) is 26.7 Å². The van der Waals surface area contributed by atoms with Gasteiger partial charge in [-0.05, 0) is 26.7 Å². The van der Waals surface area contributed by atoms with Crippen LogP contribution in [0, 0.1) is 0 Å². The molecule has 2 N–H and O–H groups in total. The van der Waals surface area contributed by atoms with Crippen molar-refractivity contribution in [2.24, 2.45) is 5.73 Å². The van der Waals surface area contributed by atoms with E-state index >= 15 is 0 Å². The molecule has 1 rings (SSSR count). The molecule has 0 unspecified atom stereocenters. The molecule has 0 radical (unpaired) electrons. The zero-order valence-corrected chi connectivity index (χ0v) is 11.1. The second kappa shape index (κ2) is 5.00. The van der Waals surface area contributed by atoms with E-state index in [4.69, 9.17) is 10.5 Å². The average Bonchev–Trinajstić information content (AvgIpc) is 2.29. The Kier molecular flexibility index (Phi) is 4.34. The molecular weight excluding hydrogens is 228 g/mol. The maximum atomic E-state index is 12.3. The van der Waals surface area contributed by atoms with Gasteiger partial charge in [0, 0.05) is 32.3 Å². The quantitative estimate of drug-likeness (QED) is 0.771. The molecule has 0 atom stereocenters. The zero-order chi connectivity index (χ0) is 12.4. The van der Waals surface area contributed by atoms with Crippen molar-refractivity contribution >= 4 is 10.0 Å². The van der Waals surface area contributed by atoms with Gasteiger partial charge in [0.1, 0.15) is 0 Å². The van der Waals surface area contributed by atoms with Crippen molar-refractivity contribution in [1.82, 2.24) is 4.31 Å². The Morgan fingerprint density at radius 2 is 1.88 bits per heavy atom. The first-order valence-corrected chi connectivity index (χ1v) is 7.08. The van der Waals surface area contributed by atoms with Crippen LogP contribution in [0.25, 0.3) is 0 Å². The molecule has 0 bridgehead atoms. The molecule has 1 aliphatic heterocycles. The Morgan fingerprint density at radius 1 is 1.38 bits per heavy atom. The van der Waals surface area contributed by atoms with E-state index in [1.54, 1.807) is 7.05 Å². The Bertz CT molecular complexity index is 321. The number of ether oxygens (including phenoxy) is 1. The maximum Gasteiger partial charge on any atom is 0.217 e. The lowest BCUT2D eigenvalue weighted by Gasteiger charge is -2.37. The molecule has 1 saturated heterocycles. The molecule has 0 aromatic rings. The molecule has 1 fully saturated rings. The molecule has 0 aromatic carbocycles. The van der Waals surface area contributed by atoms with Crippen LogP contribution in [0.2, 0.25) is 0 Å². The average molecular weight is 250 g/mol. The molecule has 5 nitrogen and oxygen atoms in total. The number of likely N-dealkylation sites (N-methyl/N-ethyl adjacent to an activating group) is 1. The van der Waals surface area contributed by atoms with Crippen LogP contribution in [0.15, 0.2) is 0 Å². The Balaban J connectivity index is 2.84. The third kappa shape index (κ3) is 2.74. The minimum absolute atomic E-state index is 0.311. The first-order chi connectivity index (χ1) is 7.32. The number of nitrogens with zero attached hydrogens (tertiary/aromatic N) is 1. The first-order valence-electron chi connectivity index (χ1n) is 5.58. The van der Waals surface area contributed by atoms with E-state index in [9.17, 15) is 8.42 Å². The molecule has 0 saturated carbocycles. The summed E-state index contributed by atoms with van der Waals surface area (Å²) in [5.74, 6) is 0. The van der Waals surface area contributed by atoms with Crippen LogP contribution in [0.5, 0.6) is 0 Å². The van der Waals surface area contributed by atoms with Crippen molar-refractivity contribution in [1.29, 1.82) is 0 Å². The van der Waals surface area contributed by atoms with Crippen LogP contribution in [0.4, 0.5) is 0 Å². The number of rotatable bonds is 4. The number of nitrogens with two attached hydrogens (primary N) is 1. The lowest BCUT2D eigenvalue weighted by molar-refractivity contribution is 0.0964. The van der Waals surface area contributed by atoms with Crippen molar-refractivity contribution in [3.8, 4) is 0 Å². The summed E-state index contributed by atoms with van der Waals surface area (Å²) >= 11 is 0. The minimum atomic E-state index is -3.26. The summed E-state index contributed by atoms with van der Waals surface area (Å²) in [6.07, 6.45) is 1.15. The zero-order valence-electron chi connectivity index (χ0n) is 10.3. The molecule has 1 heterocycles. The van der Waals surface area contributed by atoms with Crippen molar-refractivity contribution < 1.29 is 13.2 Å². The highest BCUT2D eigenvalue weighted by Gasteiger charge is 2.37. The topological polar surface area (TPSA) is 72.6 Å².